The standard InChI is InChI=1S/C15H21NO.C7H15NO/c1-10(2)15(12(4)16-5)13-8-7-9-14(17-6)11(13)3;1-2-3-8-4-6-9-7-5-8/h7-9,16H,4H2,1-3,5-6H3;2-7H2,1H3. The Morgan fingerprint density at radius 1 is 1.27 bits per heavy atom. The Hall–Kier alpha value is -1.78. The number of ether oxygens (including phenoxy) is 2. The molecule has 0 aliphatic carbocycles. The van der Waals surface area contributed by atoms with Crippen molar-refractivity contribution >= 4 is 5.57 Å². The van der Waals surface area contributed by atoms with Gasteiger partial charge in [-0.3, -0.25) is 4.90 Å². The van der Waals surface area contributed by atoms with Crippen LogP contribution in [0.2, 0.25) is 0 Å². The predicted molar refractivity (Wildman–Crippen MR) is 112 cm³/mol. The zero-order valence-electron chi connectivity index (χ0n) is 17.4. The SMILES string of the molecule is C=C(NC)C(=C(C)C)c1cccc(OC)c1C.CCCN1CCOCC1. The quantitative estimate of drug-likeness (QED) is 0.769. The number of benzene rings is 1. The van der Waals surface area contributed by atoms with E-state index >= 15 is 0 Å². The van der Waals surface area contributed by atoms with Gasteiger partial charge in [-0.05, 0) is 50.9 Å². The number of hydrogen-bond donors (Lipinski definition) is 1. The van der Waals surface area contributed by atoms with Crippen LogP contribution in [0, 0.1) is 6.92 Å². The summed E-state index contributed by atoms with van der Waals surface area (Å²) in [5, 5.41) is 3.12. The first-order chi connectivity index (χ1) is 12.5. The van der Waals surface area contributed by atoms with E-state index < -0.39 is 0 Å². The molecule has 0 atom stereocenters. The minimum absolute atomic E-state index is 0.908. The van der Waals surface area contributed by atoms with Crippen LogP contribution in [0.4, 0.5) is 0 Å². The maximum Gasteiger partial charge on any atom is 0.122 e. The lowest BCUT2D eigenvalue weighted by molar-refractivity contribution is 0.0380. The zero-order valence-corrected chi connectivity index (χ0v) is 17.4. The maximum absolute atomic E-state index is 5.36. The van der Waals surface area contributed by atoms with E-state index in [1.165, 1.54) is 24.1 Å². The highest BCUT2D eigenvalue weighted by atomic mass is 16.5. The number of morpholine rings is 1. The first-order valence-corrected chi connectivity index (χ1v) is 9.44. The Morgan fingerprint density at radius 2 is 1.92 bits per heavy atom. The summed E-state index contributed by atoms with van der Waals surface area (Å²) in [5.74, 6) is 0.908. The fraction of sp³-hybridized carbons (Fsp3) is 0.545. The molecule has 0 amide bonds. The monoisotopic (exact) mass is 360 g/mol. The van der Waals surface area contributed by atoms with Crippen LogP contribution in [-0.2, 0) is 4.74 Å². The average Bonchev–Trinajstić information content (AvgIpc) is 2.64. The van der Waals surface area contributed by atoms with Crippen molar-refractivity contribution in [3.8, 4) is 5.75 Å². The molecule has 0 radical (unpaired) electrons. The molecular weight excluding hydrogens is 324 g/mol. The number of nitrogens with zero attached hydrogens (tertiary/aromatic N) is 1. The maximum atomic E-state index is 5.36. The highest BCUT2D eigenvalue weighted by molar-refractivity contribution is 5.82. The third-order valence-electron chi connectivity index (χ3n) is 4.52. The third-order valence-corrected chi connectivity index (χ3v) is 4.52. The Labute approximate surface area is 159 Å². The molecule has 0 spiro atoms. The largest absolute Gasteiger partial charge is 0.496 e. The van der Waals surface area contributed by atoms with Gasteiger partial charge in [0.2, 0.25) is 0 Å². The van der Waals surface area contributed by atoms with Gasteiger partial charge in [-0.1, -0.05) is 31.2 Å². The molecule has 1 aliphatic heterocycles. The van der Waals surface area contributed by atoms with Crippen LogP contribution in [-0.4, -0.2) is 51.9 Å². The Morgan fingerprint density at radius 3 is 2.42 bits per heavy atom. The topological polar surface area (TPSA) is 33.7 Å². The van der Waals surface area contributed by atoms with Crippen molar-refractivity contribution in [2.75, 3.05) is 47.0 Å². The lowest BCUT2D eigenvalue weighted by Crippen LogP contribution is -2.36. The van der Waals surface area contributed by atoms with Gasteiger partial charge in [-0.2, -0.15) is 0 Å². The molecule has 1 aromatic carbocycles. The number of hydrogen-bond acceptors (Lipinski definition) is 4. The van der Waals surface area contributed by atoms with Gasteiger partial charge in [0.05, 0.1) is 20.3 Å². The van der Waals surface area contributed by atoms with Crippen LogP contribution in [0.3, 0.4) is 0 Å². The summed E-state index contributed by atoms with van der Waals surface area (Å²) >= 11 is 0. The molecule has 0 aromatic heterocycles. The first-order valence-electron chi connectivity index (χ1n) is 9.44. The molecule has 4 nitrogen and oxygen atoms in total. The number of allylic oxidation sites excluding steroid dienone is 2. The lowest BCUT2D eigenvalue weighted by Gasteiger charge is -2.25. The minimum atomic E-state index is 0.908. The Bertz CT molecular complexity index is 595. The van der Waals surface area contributed by atoms with Gasteiger partial charge in [-0.15, -0.1) is 0 Å². The van der Waals surface area contributed by atoms with Crippen LogP contribution < -0.4 is 10.1 Å². The number of likely N-dealkylation sites (N-methyl/N-ethyl adjacent to an activating group) is 1. The average molecular weight is 361 g/mol. The number of nitrogens with one attached hydrogen (secondary N) is 1. The highest BCUT2D eigenvalue weighted by Crippen LogP contribution is 2.31. The van der Waals surface area contributed by atoms with Crippen molar-refractivity contribution in [2.45, 2.75) is 34.1 Å². The summed E-state index contributed by atoms with van der Waals surface area (Å²) in [4.78, 5) is 2.45. The smallest absolute Gasteiger partial charge is 0.122 e. The normalized spacial score (nSPS) is 14.1. The van der Waals surface area contributed by atoms with Gasteiger partial charge in [0.25, 0.3) is 0 Å². The van der Waals surface area contributed by atoms with Crippen molar-refractivity contribution in [1.29, 1.82) is 0 Å². The second-order valence-electron chi connectivity index (χ2n) is 6.69. The molecule has 0 saturated carbocycles. The van der Waals surface area contributed by atoms with E-state index in [1.54, 1.807) is 7.11 Å². The molecular formula is C22H36N2O2. The van der Waals surface area contributed by atoms with E-state index in [9.17, 15) is 0 Å². The van der Waals surface area contributed by atoms with Crippen LogP contribution in [0.25, 0.3) is 5.57 Å². The molecule has 4 heteroatoms. The summed E-state index contributed by atoms with van der Waals surface area (Å²) in [7, 11) is 3.59. The summed E-state index contributed by atoms with van der Waals surface area (Å²) in [5.41, 5.74) is 5.64. The minimum Gasteiger partial charge on any atom is -0.496 e. The molecule has 1 fully saturated rings. The van der Waals surface area contributed by atoms with Crippen LogP contribution in [0.1, 0.15) is 38.3 Å². The van der Waals surface area contributed by atoms with Gasteiger partial charge in [0.1, 0.15) is 5.75 Å². The van der Waals surface area contributed by atoms with Crippen molar-refractivity contribution in [1.82, 2.24) is 10.2 Å². The van der Waals surface area contributed by atoms with Gasteiger partial charge in [0.15, 0.2) is 0 Å². The predicted octanol–water partition coefficient (Wildman–Crippen LogP) is 4.26. The highest BCUT2D eigenvalue weighted by Gasteiger charge is 2.12. The molecule has 1 aliphatic rings. The number of methoxy groups -OCH3 is 1. The molecule has 146 valence electrons. The fourth-order valence-electron chi connectivity index (χ4n) is 3.11. The zero-order chi connectivity index (χ0) is 19.5. The lowest BCUT2D eigenvalue weighted by atomic mass is 9.94. The van der Waals surface area contributed by atoms with Gasteiger partial charge in [0, 0.05) is 31.4 Å². The molecule has 1 heterocycles. The van der Waals surface area contributed by atoms with E-state index in [0.29, 0.717) is 0 Å². The van der Waals surface area contributed by atoms with Crippen molar-refractivity contribution < 1.29 is 9.47 Å². The third kappa shape index (κ3) is 6.50. The van der Waals surface area contributed by atoms with Crippen molar-refractivity contribution in [3.05, 3.63) is 47.2 Å². The summed E-state index contributed by atoms with van der Waals surface area (Å²) in [6.45, 7) is 17.9. The molecule has 1 aromatic rings. The van der Waals surface area contributed by atoms with Gasteiger partial charge < -0.3 is 14.8 Å². The number of rotatable bonds is 6. The van der Waals surface area contributed by atoms with Gasteiger partial charge >= 0.3 is 0 Å². The van der Waals surface area contributed by atoms with E-state index in [1.807, 2.05) is 19.2 Å². The second-order valence-corrected chi connectivity index (χ2v) is 6.69. The van der Waals surface area contributed by atoms with Gasteiger partial charge in [-0.25, -0.2) is 0 Å². The van der Waals surface area contributed by atoms with Crippen LogP contribution >= 0.6 is 0 Å². The summed E-state index contributed by atoms with van der Waals surface area (Å²) < 4.78 is 10.6. The molecule has 0 unspecified atom stereocenters. The Balaban J connectivity index is 0.000000314. The van der Waals surface area contributed by atoms with Crippen molar-refractivity contribution in [3.63, 3.8) is 0 Å². The summed E-state index contributed by atoms with van der Waals surface area (Å²) in [6, 6.07) is 6.08. The molecule has 0 bridgehead atoms. The van der Waals surface area contributed by atoms with E-state index in [-0.39, 0.29) is 0 Å². The Kier molecular flexibility index (Phi) is 10.1. The molecule has 2 rings (SSSR count). The van der Waals surface area contributed by atoms with Crippen molar-refractivity contribution in [2.24, 2.45) is 0 Å². The molecule has 1 saturated heterocycles. The molecule has 26 heavy (non-hydrogen) atoms. The molecule has 1 N–H and O–H groups in total. The second kappa shape index (κ2) is 11.8. The fourth-order valence-corrected chi connectivity index (χ4v) is 3.11. The van der Waals surface area contributed by atoms with Crippen LogP contribution in [0.15, 0.2) is 36.0 Å². The van der Waals surface area contributed by atoms with E-state index in [4.69, 9.17) is 9.47 Å². The first kappa shape index (κ1) is 22.3. The summed E-state index contributed by atoms with van der Waals surface area (Å²) in [6.07, 6.45) is 1.26. The van der Waals surface area contributed by atoms with Crippen LogP contribution in [0.5, 0.6) is 5.75 Å². The van der Waals surface area contributed by atoms with E-state index in [0.717, 1.165) is 48.9 Å². The van der Waals surface area contributed by atoms with E-state index in [2.05, 4.69) is 50.6 Å².